The number of hydrogen-bond donors (Lipinski definition) is 1. The topological polar surface area (TPSA) is 61.8 Å². The maximum Gasteiger partial charge on any atom is 0.270 e. The summed E-state index contributed by atoms with van der Waals surface area (Å²) in [6, 6.07) is 8.62. The van der Waals surface area contributed by atoms with Crippen LogP contribution in [0.2, 0.25) is 0 Å². The zero-order valence-corrected chi connectivity index (χ0v) is 11.7. The quantitative estimate of drug-likeness (QED) is 0.844. The number of carbonyl (C=O) groups is 2. The van der Waals surface area contributed by atoms with E-state index in [0.717, 1.165) is 5.01 Å². The minimum Gasteiger partial charge on any atom is -0.271 e. The summed E-state index contributed by atoms with van der Waals surface area (Å²) in [7, 11) is 0. The van der Waals surface area contributed by atoms with Crippen molar-refractivity contribution < 1.29 is 9.59 Å². The van der Waals surface area contributed by atoms with Crippen LogP contribution in [0.5, 0.6) is 0 Å². The summed E-state index contributed by atoms with van der Waals surface area (Å²) in [6.45, 7) is 0. The Kier molecular flexibility index (Phi) is 3.45. The van der Waals surface area contributed by atoms with Crippen LogP contribution < -0.4 is 5.43 Å². The summed E-state index contributed by atoms with van der Waals surface area (Å²) >= 11 is 5.09. The molecule has 5 nitrogen and oxygen atoms in total. The first-order valence-corrected chi connectivity index (χ1v) is 6.75. The Morgan fingerprint density at radius 2 is 2.00 bits per heavy atom. The van der Waals surface area contributed by atoms with Gasteiger partial charge in [0.1, 0.15) is 5.92 Å². The number of hydrogen-bond acceptors (Lipinski definition) is 3. The van der Waals surface area contributed by atoms with Gasteiger partial charge in [-0.05, 0) is 30.4 Å². The Balaban J connectivity index is 1.83. The molecule has 1 atom stereocenters. The van der Waals surface area contributed by atoms with E-state index >= 15 is 0 Å². The zero-order valence-electron chi connectivity index (χ0n) is 10.9. The lowest BCUT2D eigenvalue weighted by molar-refractivity contribution is -0.130. The molecule has 1 N–H and O–H groups in total. The van der Waals surface area contributed by atoms with Crippen molar-refractivity contribution in [3.63, 3.8) is 0 Å². The monoisotopic (exact) mass is 297 g/mol. The Labute approximate surface area is 126 Å². The molecule has 0 spiro atoms. The van der Waals surface area contributed by atoms with Gasteiger partial charge in [0.05, 0.1) is 5.71 Å². The van der Waals surface area contributed by atoms with Crippen molar-refractivity contribution in [2.45, 2.75) is 0 Å². The normalized spacial score (nSPS) is 20.1. The lowest BCUT2D eigenvalue weighted by atomic mass is 9.96. The molecule has 2 aliphatic rings. The fourth-order valence-corrected chi connectivity index (χ4v) is 2.34. The van der Waals surface area contributed by atoms with Gasteiger partial charge in [-0.25, -0.2) is 4.99 Å². The highest BCUT2D eigenvalue weighted by Crippen LogP contribution is 2.18. The smallest absolute Gasteiger partial charge is 0.270 e. The van der Waals surface area contributed by atoms with Gasteiger partial charge in [-0.1, -0.05) is 36.4 Å². The Morgan fingerprint density at radius 3 is 2.76 bits per heavy atom. The molecule has 0 radical (unpaired) electrons. The highest BCUT2D eigenvalue weighted by molar-refractivity contribution is 7.80. The molecule has 104 valence electrons. The molecule has 1 aromatic rings. The molecule has 1 aromatic carbocycles. The minimum absolute atomic E-state index is 0.0375. The van der Waals surface area contributed by atoms with Crippen molar-refractivity contribution >= 4 is 34.9 Å². The number of nitrogens with zero attached hydrogens (tertiary/aromatic N) is 2. The van der Waals surface area contributed by atoms with Gasteiger partial charge in [0, 0.05) is 5.56 Å². The van der Waals surface area contributed by atoms with Crippen molar-refractivity contribution in [3.05, 3.63) is 60.2 Å². The highest BCUT2D eigenvalue weighted by atomic mass is 32.1. The summed E-state index contributed by atoms with van der Waals surface area (Å²) < 4.78 is 0. The van der Waals surface area contributed by atoms with Gasteiger partial charge in [0.25, 0.3) is 11.8 Å². The van der Waals surface area contributed by atoms with Gasteiger partial charge >= 0.3 is 0 Å². The predicted octanol–water partition coefficient (Wildman–Crippen LogP) is 1.64. The van der Waals surface area contributed by atoms with E-state index in [2.05, 4.69) is 10.4 Å². The summed E-state index contributed by atoms with van der Waals surface area (Å²) in [5.74, 6) is -1.21. The second-order valence-corrected chi connectivity index (χ2v) is 4.89. The van der Waals surface area contributed by atoms with Crippen LogP contribution in [0.3, 0.4) is 0 Å². The van der Waals surface area contributed by atoms with Gasteiger partial charge in [-0.15, -0.1) is 0 Å². The van der Waals surface area contributed by atoms with Crippen molar-refractivity contribution in [2.24, 2.45) is 10.9 Å². The van der Waals surface area contributed by atoms with E-state index in [0.29, 0.717) is 11.3 Å². The van der Waals surface area contributed by atoms with Crippen molar-refractivity contribution in [1.82, 2.24) is 10.4 Å². The number of amides is 2. The number of benzene rings is 1. The molecule has 0 bridgehead atoms. The number of allylic oxidation sites excluding steroid dienone is 3. The molecule has 1 aliphatic heterocycles. The van der Waals surface area contributed by atoms with E-state index in [9.17, 15) is 9.59 Å². The fraction of sp³-hybridized carbons (Fsp3) is 0.0667. The first-order valence-electron chi connectivity index (χ1n) is 6.34. The molecule has 1 aliphatic carbocycles. The minimum atomic E-state index is -0.502. The highest BCUT2D eigenvalue weighted by Gasteiger charge is 2.34. The van der Waals surface area contributed by atoms with Crippen LogP contribution in [0.15, 0.2) is 59.6 Å². The number of fused-ring (bicyclic) bond motifs is 1. The summed E-state index contributed by atoms with van der Waals surface area (Å²) in [4.78, 5) is 28.7. The van der Waals surface area contributed by atoms with Gasteiger partial charge in [-0.2, -0.15) is 5.01 Å². The van der Waals surface area contributed by atoms with Crippen LogP contribution in [-0.4, -0.2) is 27.6 Å². The molecule has 2 amide bonds. The summed E-state index contributed by atoms with van der Waals surface area (Å²) in [5, 5.41) is 1.07. The van der Waals surface area contributed by atoms with Crippen molar-refractivity contribution in [3.8, 4) is 0 Å². The van der Waals surface area contributed by atoms with Crippen molar-refractivity contribution in [1.29, 1.82) is 0 Å². The van der Waals surface area contributed by atoms with Crippen LogP contribution >= 0.6 is 12.2 Å². The molecular formula is C15H11N3O2S. The van der Waals surface area contributed by atoms with Crippen LogP contribution in [-0.2, 0) is 4.79 Å². The standard InChI is InChI=1S/C15H11N3O2S/c19-13(10-6-2-1-3-7-10)17-18-14(20)11-8-4-5-9-12(11)16-15(18)21/h1-9,11H,(H,17,19). The van der Waals surface area contributed by atoms with Crippen molar-refractivity contribution in [2.75, 3.05) is 0 Å². The Hall–Kier alpha value is -2.60. The van der Waals surface area contributed by atoms with Crippen LogP contribution in [0.4, 0.5) is 0 Å². The summed E-state index contributed by atoms with van der Waals surface area (Å²) in [6.07, 6.45) is 7.03. The average molecular weight is 297 g/mol. The largest absolute Gasteiger partial charge is 0.271 e. The molecule has 6 heteroatoms. The number of carbonyl (C=O) groups excluding carboxylic acids is 2. The number of hydrazine groups is 1. The molecule has 1 unspecified atom stereocenters. The number of rotatable bonds is 2. The van der Waals surface area contributed by atoms with Crippen LogP contribution in [0.25, 0.3) is 0 Å². The van der Waals surface area contributed by atoms with Gasteiger partial charge in [-0.3, -0.25) is 15.0 Å². The Bertz CT molecular complexity index is 707. The SMILES string of the molecule is O=C(NN1C(=O)C2C=CC=CC2=NC1=S)c1ccccc1. The van der Waals surface area contributed by atoms with Gasteiger partial charge in [0.2, 0.25) is 5.11 Å². The lowest BCUT2D eigenvalue weighted by Crippen LogP contribution is -2.54. The number of aliphatic imine (C=N–C) groups is 1. The van der Waals surface area contributed by atoms with E-state index < -0.39 is 11.8 Å². The van der Waals surface area contributed by atoms with E-state index in [1.165, 1.54) is 0 Å². The van der Waals surface area contributed by atoms with Gasteiger partial charge in [0.15, 0.2) is 0 Å². The molecule has 0 saturated carbocycles. The molecule has 3 rings (SSSR count). The van der Waals surface area contributed by atoms with E-state index in [1.807, 2.05) is 6.07 Å². The Morgan fingerprint density at radius 1 is 1.24 bits per heavy atom. The third kappa shape index (κ3) is 2.53. The number of thiocarbonyl (C=S) groups is 1. The third-order valence-electron chi connectivity index (χ3n) is 3.15. The average Bonchev–Trinajstić information content (AvgIpc) is 2.52. The van der Waals surface area contributed by atoms with Crippen LogP contribution in [0, 0.1) is 5.92 Å². The second kappa shape index (κ2) is 5.41. The lowest BCUT2D eigenvalue weighted by Gasteiger charge is -2.30. The maximum absolute atomic E-state index is 12.4. The molecular weight excluding hydrogens is 286 g/mol. The van der Waals surface area contributed by atoms with Gasteiger partial charge < -0.3 is 0 Å². The predicted molar refractivity (Wildman–Crippen MR) is 82.6 cm³/mol. The molecule has 0 aromatic heterocycles. The summed E-state index contributed by atoms with van der Waals surface area (Å²) in [5.41, 5.74) is 3.55. The number of nitrogens with one attached hydrogen (secondary N) is 1. The zero-order chi connectivity index (χ0) is 14.8. The first-order chi connectivity index (χ1) is 10.2. The maximum atomic E-state index is 12.4. The molecule has 0 fully saturated rings. The van der Waals surface area contributed by atoms with E-state index in [1.54, 1.807) is 48.6 Å². The molecule has 21 heavy (non-hydrogen) atoms. The molecule has 0 saturated heterocycles. The first kappa shape index (κ1) is 13.4. The third-order valence-corrected chi connectivity index (χ3v) is 3.43. The van der Waals surface area contributed by atoms with E-state index in [4.69, 9.17) is 12.2 Å². The second-order valence-electron chi connectivity index (χ2n) is 4.52. The molecule has 1 heterocycles. The van der Waals surface area contributed by atoms with Crippen LogP contribution in [0.1, 0.15) is 10.4 Å². The van der Waals surface area contributed by atoms with E-state index in [-0.39, 0.29) is 11.0 Å². The fourth-order valence-electron chi connectivity index (χ4n) is 2.10.